The van der Waals surface area contributed by atoms with E-state index in [0.717, 1.165) is 17.7 Å². The summed E-state index contributed by atoms with van der Waals surface area (Å²) in [6.07, 6.45) is 0. The van der Waals surface area contributed by atoms with Crippen LogP contribution in [0.1, 0.15) is 27.3 Å². The molecule has 0 bridgehead atoms. The van der Waals surface area contributed by atoms with Gasteiger partial charge in [-0.25, -0.2) is 8.78 Å². The topological polar surface area (TPSA) is 46.9 Å². The van der Waals surface area contributed by atoms with E-state index in [1.54, 1.807) is 18.5 Å². The van der Waals surface area contributed by atoms with Crippen molar-refractivity contribution < 1.29 is 13.6 Å². The lowest BCUT2D eigenvalue weighted by molar-refractivity contribution is 0.101. The average molecular weight is 341 g/mol. The molecule has 3 aromatic rings. The van der Waals surface area contributed by atoms with Gasteiger partial charge in [-0.05, 0) is 31.5 Å². The first-order valence-electron chi connectivity index (χ1n) is 7.80. The predicted molar refractivity (Wildman–Crippen MR) is 91.6 cm³/mol. The van der Waals surface area contributed by atoms with Crippen molar-refractivity contribution in [1.82, 2.24) is 9.78 Å². The zero-order chi connectivity index (χ0) is 18.0. The second-order valence-electron chi connectivity index (χ2n) is 5.74. The quantitative estimate of drug-likeness (QED) is 0.777. The highest BCUT2D eigenvalue weighted by Gasteiger charge is 2.20. The lowest BCUT2D eigenvalue weighted by Gasteiger charge is -2.08. The Morgan fingerprint density at radius 3 is 2.32 bits per heavy atom. The van der Waals surface area contributed by atoms with E-state index in [2.05, 4.69) is 10.4 Å². The van der Waals surface area contributed by atoms with Crippen LogP contribution < -0.4 is 5.32 Å². The summed E-state index contributed by atoms with van der Waals surface area (Å²) < 4.78 is 29.3. The maximum absolute atomic E-state index is 13.8. The molecule has 0 aliphatic carbocycles. The largest absolute Gasteiger partial charge is 0.319 e. The molecule has 25 heavy (non-hydrogen) atoms. The minimum absolute atomic E-state index is 0.462. The molecule has 1 heterocycles. The molecule has 0 saturated carbocycles. The second kappa shape index (κ2) is 6.84. The van der Waals surface area contributed by atoms with Crippen molar-refractivity contribution in [2.45, 2.75) is 20.4 Å². The highest BCUT2D eigenvalue weighted by Crippen LogP contribution is 2.22. The fourth-order valence-electron chi connectivity index (χ4n) is 2.68. The molecule has 1 amide bonds. The molecule has 0 spiro atoms. The molecule has 0 atom stereocenters. The van der Waals surface area contributed by atoms with Crippen molar-refractivity contribution in [2.75, 3.05) is 5.32 Å². The number of aromatic nitrogens is 2. The van der Waals surface area contributed by atoms with Crippen molar-refractivity contribution in [3.63, 3.8) is 0 Å². The molecule has 4 nitrogen and oxygen atoms in total. The molecule has 0 fully saturated rings. The van der Waals surface area contributed by atoms with Gasteiger partial charge in [0.1, 0.15) is 17.2 Å². The smallest absolute Gasteiger partial charge is 0.261 e. The van der Waals surface area contributed by atoms with Crippen LogP contribution in [0.3, 0.4) is 0 Å². The summed E-state index contributed by atoms with van der Waals surface area (Å²) in [7, 11) is 0. The third-order valence-corrected chi connectivity index (χ3v) is 3.99. The van der Waals surface area contributed by atoms with E-state index in [9.17, 15) is 13.6 Å². The van der Waals surface area contributed by atoms with Crippen LogP contribution >= 0.6 is 0 Å². The molecule has 0 unspecified atom stereocenters. The van der Waals surface area contributed by atoms with Gasteiger partial charge in [0.25, 0.3) is 5.91 Å². The van der Waals surface area contributed by atoms with Crippen LogP contribution in [-0.2, 0) is 6.54 Å². The zero-order valence-electron chi connectivity index (χ0n) is 13.9. The number of aryl methyl sites for hydroxylation is 1. The first-order valence-corrected chi connectivity index (χ1v) is 7.80. The van der Waals surface area contributed by atoms with E-state index in [1.165, 1.54) is 6.07 Å². The molecular formula is C19H17F2N3O. The number of benzene rings is 2. The van der Waals surface area contributed by atoms with Gasteiger partial charge in [-0.15, -0.1) is 0 Å². The molecule has 6 heteroatoms. The van der Waals surface area contributed by atoms with E-state index in [-0.39, 0.29) is 0 Å². The molecular weight excluding hydrogens is 324 g/mol. The van der Waals surface area contributed by atoms with E-state index >= 15 is 0 Å². The van der Waals surface area contributed by atoms with Gasteiger partial charge in [-0.1, -0.05) is 36.4 Å². The molecule has 1 N–H and O–H groups in total. The maximum atomic E-state index is 13.8. The SMILES string of the molecule is Cc1nn(Cc2ccccc2)c(C)c1NC(=O)c1c(F)cccc1F. The number of halogens is 2. The number of hydrogen-bond acceptors (Lipinski definition) is 2. The zero-order valence-corrected chi connectivity index (χ0v) is 13.9. The number of nitrogens with zero attached hydrogens (tertiary/aromatic N) is 2. The Kier molecular flexibility index (Phi) is 4.61. The normalized spacial score (nSPS) is 10.7. The van der Waals surface area contributed by atoms with Crippen LogP contribution in [-0.4, -0.2) is 15.7 Å². The summed E-state index contributed by atoms with van der Waals surface area (Å²) in [6, 6.07) is 13.1. The van der Waals surface area contributed by atoms with Gasteiger partial charge in [0.2, 0.25) is 0 Å². The van der Waals surface area contributed by atoms with Crippen LogP contribution in [0.5, 0.6) is 0 Å². The number of amides is 1. The summed E-state index contributed by atoms with van der Waals surface area (Å²) >= 11 is 0. The summed E-state index contributed by atoms with van der Waals surface area (Å²) in [5.74, 6) is -2.63. The van der Waals surface area contributed by atoms with Crippen molar-refractivity contribution >= 4 is 11.6 Å². The van der Waals surface area contributed by atoms with Crippen LogP contribution in [0.2, 0.25) is 0 Å². The predicted octanol–water partition coefficient (Wildman–Crippen LogP) is 4.08. The van der Waals surface area contributed by atoms with Crippen molar-refractivity contribution in [3.8, 4) is 0 Å². The molecule has 0 aliphatic heterocycles. The molecule has 2 aromatic carbocycles. The van der Waals surface area contributed by atoms with E-state index in [4.69, 9.17) is 0 Å². The summed E-state index contributed by atoms with van der Waals surface area (Å²) in [5.41, 5.74) is 2.22. The summed E-state index contributed by atoms with van der Waals surface area (Å²) in [5, 5.41) is 6.99. The van der Waals surface area contributed by atoms with Gasteiger partial charge in [-0.3, -0.25) is 9.48 Å². The lowest BCUT2D eigenvalue weighted by Crippen LogP contribution is -2.17. The van der Waals surface area contributed by atoms with Gasteiger partial charge in [0.05, 0.1) is 23.6 Å². The Labute approximate surface area is 144 Å². The Balaban J connectivity index is 1.87. The van der Waals surface area contributed by atoms with Gasteiger partial charge < -0.3 is 5.32 Å². The number of nitrogens with one attached hydrogen (secondary N) is 1. The lowest BCUT2D eigenvalue weighted by atomic mass is 10.1. The third kappa shape index (κ3) is 3.42. The summed E-state index contributed by atoms with van der Waals surface area (Å²) in [6.45, 7) is 4.08. The van der Waals surface area contributed by atoms with E-state index in [0.29, 0.717) is 23.6 Å². The highest BCUT2D eigenvalue weighted by molar-refractivity contribution is 6.05. The molecule has 128 valence electrons. The Morgan fingerprint density at radius 1 is 1.04 bits per heavy atom. The molecule has 3 rings (SSSR count). The third-order valence-electron chi connectivity index (χ3n) is 3.99. The fraction of sp³-hybridized carbons (Fsp3) is 0.158. The van der Waals surface area contributed by atoms with Gasteiger partial charge in [0.15, 0.2) is 0 Å². The molecule has 0 aliphatic rings. The van der Waals surface area contributed by atoms with Crippen molar-refractivity contribution in [1.29, 1.82) is 0 Å². The number of rotatable bonds is 4. The average Bonchev–Trinajstić information content (AvgIpc) is 2.83. The van der Waals surface area contributed by atoms with Gasteiger partial charge in [0, 0.05) is 0 Å². The molecule has 0 radical (unpaired) electrons. The standard InChI is InChI=1S/C19H17F2N3O/c1-12-18(22-19(25)17-15(20)9-6-10-16(17)21)13(2)24(23-12)11-14-7-4-3-5-8-14/h3-10H,11H2,1-2H3,(H,22,25). The van der Waals surface area contributed by atoms with E-state index < -0.39 is 23.1 Å². The first kappa shape index (κ1) is 16.8. The van der Waals surface area contributed by atoms with Crippen molar-refractivity contribution in [3.05, 3.63) is 82.7 Å². The van der Waals surface area contributed by atoms with Gasteiger partial charge >= 0.3 is 0 Å². The first-order chi connectivity index (χ1) is 12.0. The highest BCUT2D eigenvalue weighted by atomic mass is 19.1. The minimum atomic E-state index is -0.899. The molecule has 0 saturated heterocycles. The number of hydrogen-bond donors (Lipinski definition) is 1. The Morgan fingerprint density at radius 2 is 1.68 bits per heavy atom. The van der Waals surface area contributed by atoms with Crippen LogP contribution in [0.15, 0.2) is 48.5 Å². The Hall–Kier alpha value is -3.02. The van der Waals surface area contributed by atoms with Crippen LogP contribution in [0.25, 0.3) is 0 Å². The minimum Gasteiger partial charge on any atom is -0.319 e. The number of carbonyl (C=O) groups excluding carboxylic acids is 1. The number of carbonyl (C=O) groups is 1. The monoisotopic (exact) mass is 341 g/mol. The maximum Gasteiger partial charge on any atom is 0.261 e. The van der Waals surface area contributed by atoms with Crippen molar-refractivity contribution in [2.24, 2.45) is 0 Å². The van der Waals surface area contributed by atoms with Crippen LogP contribution in [0.4, 0.5) is 14.5 Å². The Bertz CT molecular complexity index is 900. The van der Waals surface area contributed by atoms with Gasteiger partial charge in [-0.2, -0.15) is 5.10 Å². The van der Waals surface area contributed by atoms with Crippen LogP contribution in [0, 0.1) is 25.5 Å². The van der Waals surface area contributed by atoms with E-state index in [1.807, 2.05) is 30.3 Å². The number of anilines is 1. The molecule has 1 aromatic heterocycles. The second-order valence-corrected chi connectivity index (χ2v) is 5.74. The fourth-order valence-corrected chi connectivity index (χ4v) is 2.68. The summed E-state index contributed by atoms with van der Waals surface area (Å²) in [4.78, 5) is 12.3.